The molecular weight excluding hydrogens is 294 g/mol. The fourth-order valence-corrected chi connectivity index (χ4v) is 4.63. The lowest BCUT2D eigenvalue weighted by molar-refractivity contribution is -0.123. The van der Waals surface area contributed by atoms with E-state index in [0.717, 1.165) is 32.4 Å². The second-order valence-corrected chi connectivity index (χ2v) is 7.24. The Morgan fingerprint density at radius 3 is 2.38 bits per heavy atom. The van der Waals surface area contributed by atoms with Crippen LogP contribution >= 0.6 is 0 Å². The summed E-state index contributed by atoms with van der Waals surface area (Å²) in [5, 5.41) is 0. The fourth-order valence-electron chi connectivity index (χ4n) is 4.63. The zero-order valence-corrected chi connectivity index (χ0v) is 14.1. The standard InChI is InChI=1S/C22H25NO/c24-21-14-8-7-13-20-22(21)19(18-11-5-2-6-12-18)16-23(20)15-17-9-3-1-4-10-17/h1-6,9-12,19-20,22H,7-8,13-16H2/t19-,20+,22-/m1/s1. The molecule has 0 aromatic heterocycles. The number of likely N-dealkylation sites (tertiary alicyclic amines) is 1. The highest BCUT2D eigenvalue weighted by atomic mass is 16.1. The van der Waals surface area contributed by atoms with Gasteiger partial charge in [-0.15, -0.1) is 0 Å². The van der Waals surface area contributed by atoms with Crippen LogP contribution in [0.5, 0.6) is 0 Å². The van der Waals surface area contributed by atoms with Crippen molar-refractivity contribution in [1.29, 1.82) is 0 Å². The van der Waals surface area contributed by atoms with Crippen molar-refractivity contribution in [3.8, 4) is 0 Å². The first-order chi connectivity index (χ1) is 11.8. The Morgan fingerprint density at radius 1 is 0.917 bits per heavy atom. The van der Waals surface area contributed by atoms with Crippen LogP contribution in [0.3, 0.4) is 0 Å². The highest BCUT2D eigenvalue weighted by Crippen LogP contribution is 2.42. The van der Waals surface area contributed by atoms with Crippen molar-refractivity contribution in [2.75, 3.05) is 6.54 Å². The summed E-state index contributed by atoms with van der Waals surface area (Å²) in [7, 11) is 0. The van der Waals surface area contributed by atoms with Gasteiger partial charge in [-0.1, -0.05) is 67.1 Å². The third kappa shape index (κ3) is 3.03. The molecule has 1 saturated heterocycles. The van der Waals surface area contributed by atoms with Crippen LogP contribution in [0.15, 0.2) is 60.7 Å². The number of carbonyl (C=O) groups excluding carboxylic acids is 1. The molecule has 2 heteroatoms. The van der Waals surface area contributed by atoms with E-state index in [1.165, 1.54) is 17.5 Å². The highest BCUT2D eigenvalue weighted by molar-refractivity contribution is 5.83. The Balaban J connectivity index is 1.64. The molecule has 1 heterocycles. The van der Waals surface area contributed by atoms with Crippen molar-refractivity contribution in [1.82, 2.24) is 4.90 Å². The van der Waals surface area contributed by atoms with E-state index in [1.54, 1.807) is 0 Å². The summed E-state index contributed by atoms with van der Waals surface area (Å²) in [5.74, 6) is 1.02. The molecule has 3 atom stereocenters. The first kappa shape index (κ1) is 15.6. The van der Waals surface area contributed by atoms with Gasteiger partial charge in [0.25, 0.3) is 0 Å². The number of ketones is 1. The van der Waals surface area contributed by atoms with Crippen molar-refractivity contribution in [2.45, 2.75) is 44.2 Å². The lowest BCUT2D eigenvalue weighted by atomic mass is 9.82. The highest BCUT2D eigenvalue weighted by Gasteiger charge is 2.46. The molecule has 1 aliphatic carbocycles. The first-order valence-electron chi connectivity index (χ1n) is 9.18. The van der Waals surface area contributed by atoms with E-state index in [1.807, 2.05) is 0 Å². The van der Waals surface area contributed by atoms with E-state index in [0.29, 0.717) is 17.7 Å². The van der Waals surface area contributed by atoms with Gasteiger partial charge in [0.15, 0.2) is 0 Å². The lowest BCUT2D eigenvalue weighted by Gasteiger charge is -2.26. The summed E-state index contributed by atoms with van der Waals surface area (Å²) in [6, 6.07) is 21.8. The van der Waals surface area contributed by atoms with Crippen LogP contribution in [0.1, 0.15) is 42.7 Å². The molecule has 0 unspecified atom stereocenters. The van der Waals surface area contributed by atoms with Gasteiger partial charge in [-0.05, 0) is 24.0 Å². The summed E-state index contributed by atoms with van der Waals surface area (Å²) in [6.45, 7) is 1.96. The predicted octanol–water partition coefficient (Wildman–Crippen LogP) is 4.41. The molecule has 0 radical (unpaired) electrons. The Bertz CT molecular complexity index is 682. The summed E-state index contributed by atoms with van der Waals surface area (Å²) in [4.78, 5) is 15.4. The third-order valence-corrected chi connectivity index (χ3v) is 5.75. The van der Waals surface area contributed by atoms with E-state index in [2.05, 4.69) is 65.6 Å². The minimum Gasteiger partial charge on any atom is -0.299 e. The second kappa shape index (κ2) is 6.90. The molecule has 2 aromatic rings. The Morgan fingerprint density at radius 2 is 1.62 bits per heavy atom. The number of hydrogen-bond donors (Lipinski definition) is 0. The largest absolute Gasteiger partial charge is 0.299 e. The molecule has 0 bridgehead atoms. The fraction of sp³-hybridized carbons (Fsp3) is 0.409. The maximum atomic E-state index is 12.9. The van der Waals surface area contributed by atoms with Crippen molar-refractivity contribution in [2.24, 2.45) is 5.92 Å². The molecule has 1 aliphatic heterocycles. The van der Waals surface area contributed by atoms with Crippen molar-refractivity contribution in [3.63, 3.8) is 0 Å². The van der Waals surface area contributed by atoms with Crippen LogP contribution in [0.2, 0.25) is 0 Å². The SMILES string of the molecule is O=C1CCCC[C@H]2[C@H]1[C@@H](c1ccccc1)CN2Cc1ccccc1. The molecule has 1 saturated carbocycles. The summed E-state index contributed by atoms with van der Waals surface area (Å²) in [5.41, 5.74) is 2.68. The molecule has 0 spiro atoms. The van der Waals surface area contributed by atoms with Gasteiger partial charge in [0.1, 0.15) is 5.78 Å². The molecular formula is C22H25NO. The number of Topliss-reactive ketones (excluding diaryl/α,β-unsaturated/α-hetero) is 1. The van der Waals surface area contributed by atoms with Gasteiger partial charge < -0.3 is 0 Å². The topological polar surface area (TPSA) is 20.3 Å². The number of hydrogen-bond acceptors (Lipinski definition) is 2. The first-order valence-corrected chi connectivity index (χ1v) is 9.18. The average molecular weight is 319 g/mol. The zero-order chi connectivity index (χ0) is 16.4. The molecule has 2 nitrogen and oxygen atoms in total. The minimum atomic E-state index is 0.179. The van der Waals surface area contributed by atoms with Gasteiger partial charge in [-0.3, -0.25) is 9.69 Å². The monoisotopic (exact) mass is 319 g/mol. The van der Waals surface area contributed by atoms with Crippen LogP contribution in [-0.4, -0.2) is 23.3 Å². The Kier molecular flexibility index (Phi) is 4.48. The molecule has 0 amide bonds. The lowest BCUT2D eigenvalue weighted by Crippen LogP contribution is -2.34. The van der Waals surface area contributed by atoms with Crippen molar-refractivity contribution < 1.29 is 4.79 Å². The Labute approximate surface area is 144 Å². The van der Waals surface area contributed by atoms with Crippen LogP contribution in [0.4, 0.5) is 0 Å². The smallest absolute Gasteiger partial charge is 0.138 e. The van der Waals surface area contributed by atoms with Crippen LogP contribution in [0.25, 0.3) is 0 Å². The maximum Gasteiger partial charge on any atom is 0.138 e. The van der Waals surface area contributed by atoms with Gasteiger partial charge in [0.2, 0.25) is 0 Å². The van der Waals surface area contributed by atoms with E-state index >= 15 is 0 Å². The van der Waals surface area contributed by atoms with E-state index in [4.69, 9.17) is 0 Å². The quantitative estimate of drug-likeness (QED) is 0.835. The van der Waals surface area contributed by atoms with Gasteiger partial charge in [0.05, 0.1) is 0 Å². The van der Waals surface area contributed by atoms with Gasteiger partial charge in [-0.25, -0.2) is 0 Å². The van der Waals surface area contributed by atoms with E-state index in [9.17, 15) is 4.79 Å². The Hall–Kier alpha value is -1.93. The van der Waals surface area contributed by atoms with Gasteiger partial charge in [0, 0.05) is 37.4 Å². The zero-order valence-electron chi connectivity index (χ0n) is 14.1. The minimum absolute atomic E-state index is 0.179. The van der Waals surface area contributed by atoms with Crippen LogP contribution in [0, 0.1) is 5.92 Å². The summed E-state index contributed by atoms with van der Waals surface area (Å²) in [6.07, 6.45) is 4.17. The summed E-state index contributed by atoms with van der Waals surface area (Å²) >= 11 is 0. The predicted molar refractivity (Wildman–Crippen MR) is 96.8 cm³/mol. The van der Waals surface area contributed by atoms with Gasteiger partial charge >= 0.3 is 0 Å². The molecule has 2 aliphatic rings. The van der Waals surface area contributed by atoms with Crippen LogP contribution < -0.4 is 0 Å². The van der Waals surface area contributed by atoms with Gasteiger partial charge in [-0.2, -0.15) is 0 Å². The van der Waals surface area contributed by atoms with Crippen molar-refractivity contribution in [3.05, 3.63) is 71.8 Å². The summed E-state index contributed by atoms with van der Waals surface area (Å²) < 4.78 is 0. The average Bonchev–Trinajstić information content (AvgIpc) is 2.87. The molecule has 0 N–H and O–H groups in total. The maximum absolute atomic E-state index is 12.9. The van der Waals surface area contributed by atoms with E-state index < -0.39 is 0 Å². The molecule has 124 valence electrons. The molecule has 2 aromatic carbocycles. The van der Waals surface area contributed by atoms with E-state index in [-0.39, 0.29) is 5.92 Å². The molecule has 4 rings (SSSR count). The van der Waals surface area contributed by atoms with Crippen molar-refractivity contribution >= 4 is 5.78 Å². The number of nitrogens with zero attached hydrogens (tertiary/aromatic N) is 1. The number of rotatable bonds is 3. The molecule has 24 heavy (non-hydrogen) atoms. The van der Waals surface area contributed by atoms with Crippen LogP contribution in [-0.2, 0) is 11.3 Å². The third-order valence-electron chi connectivity index (χ3n) is 5.75. The number of fused-ring (bicyclic) bond motifs is 1. The normalized spacial score (nSPS) is 27.7. The number of carbonyl (C=O) groups is 1. The number of benzene rings is 2. The molecule has 2 fully saturated rings. The second-order valence-electron chi connectivity index (χ2n) is 7.24.